The van der Waals surface area contributed by atoms with Crippen LogP contribution in [0.2, 0.25) is 0 Å². The summed E-state index contributed by atoms with van der Waals surface area (Å²) in [5, 5.41) is 2.55. The first-order chi connectivity index (χ1) is 7.17. The van der Waals surface area contributed by atoms with Gasteiger partial charge >= 0.3 is 0 Å². The molecule has 0 aliphatic heterocycles. The van der Waals surface area contributed by atoms with E-state index in [9.17, 15) is 9.18 Å². The maximum atomic E-state index is 12.9. The van der Waals surface area contributed by atoms with Gasteiger partial charge < -0.3 is 10.1 Å². The Labute approximate surface area is 93.0 Å². The van der Waals surface area contributed by atoms with Crippen LogP contribution < -0.4 is 10.1 Å². The molecule has 0 saturated heterocycles. The Bertz CT molecular complexity index is 357. The first kappa shape index (κ1) is 11.8. The van der Waals surface area contributed by atoms with Crippen molar-refractivity contribution in [3.05, 3.63) is 24.0 Å². The van der Waals surface area contributed by atoms with Gasteiger partial charge in [0.25, 0.3) is 0 Å². The molecule has 0 saturated carbocycles. The molecule has 82 valence electrons. The molecule has 0 aliphatic carbocycles. The highest BCUT2D eigenvalue weighted by Gasteiger charge is 2.07. The minimum absolute atomic E-state index is 0.214. The van der Waals surface area contributed by atoms with Gasteiger partial charge in [-0.2, -0.15) is 12.6 Å². The molecule has 3 nitrogen and oxygen atoms in total. The van der Waals surface area contributed by atoms with Crippen LogP contribution in [0.15, 0.2) is 18.2 Å². The maximum absolute atomic E-state index is 12.9. The molecule has 15 heavy (non-hydrogen) atoms. The Morgan fingerprint density at radius 2 is 2.33 bits per heavy atom. The summed E-state index contributed by atoms with van der Waals surface area (Å²) in [6, 6.07) is 3.95. The van der Waals surface area contributed by atoms with E-state index < -0.39 is 5.82 Å². The number of anilines is 1. The number of ether oxygens (including phenoxy) is 1. The molecule has 1 N–H and O–H groups in total. The van der Waals surface area contributed by atoms with E-state index in [1.54, 1.807) is 0 Å². The van der Waals surface area contributed by atoms with Crippen LogP contribution in [-0.4, -0.2) is 18.8 Å². The molecule has 0 aliphatic rings. The van der Waals surface area contributed by atoms with Crippen molar-refractivity contribution >= 4 is 24.2 Å². The molecular weight excluding hydrogens is 217 g/mol. The van der Waals surface area contributed by atoms with Gasteiger partial charge in [0.15, 0.2) is 0 Å². The Kier molecular flexibility index (Phi) is 4.42. The number of methoxy groups -OCH3 is 1. The molecule has 1 rings (SSSR count). The number of rotatable bonds is 4. The van der Waals surface area contributed by atoms with Gasteiger partial charge in [0.05, 0.1) is 12.8 Å². The van der Waals surface area contributed by atoms with Crippen LogP contribution in [-0.2, 0) is 4.79 Å². The molecule has 1 amide bonds. The van der Waals surface area contributed by atoms with E-state index in [0.29, 0.717) is 17.2 Å². The summed E-state index contributed by atoms with van der Waals surface area (Å²) in [4.78, 5) is 11.3. The molecule has 0 fully saturated rings. The number of halogens is 1. The smallest absolute Gasteiger partial charge is 0.225 e. The number of benzene rings is 1. The molecule has 0 heterocycles. The van der Waals surface area contributed by atoms with E-state index in [-0.39, 0.29) is 12.3 Å². The summed E-state index contributed by atoms with van der Waals surface area (Å²) >= 11 is 3.93. The largest absolute Gasteiger partial charge is 0.495 e. The van der Waals surface area contributed by atoms with Crippen LogP contribution in [0.25, 0.3) is 0 Å². The van der Waals surface area contributed by atoms with Crippen LogP contribution in [0.4, 0.5) is 10.1 Å². The van der Waals surface area contributed by atoms with Gasteiger partial charge in [0.1, 0.15) is 11.6 Å². The third kappa shape index (κ3) is 3.43. The van der Waals surface area contributed by atoms with Crippen molar-refractivity contribution in [2.75, 3.05) is 18.2 Å². The van der Waals surface area contributed by atoms with Crippen LogP contribution in [0.3, 0.4) is 0 Å². The molecule has 0 spiro atoms. The second-order valence-corrected chi connectivity index (χ2v) is 3.31. The highest BCUT2D eigenvalue weighted by Crippen LogP contribution is 2.24. The SMILES string of the molecule is COc1ccc(F)cc1NC(=O)CCS. The summed E-state index contributed by atoms with van der Waals surface area (Å²) in [6.07, 6.45) is 0.281. The Morgan fingerprint density at radius 3 is 2.93 bits per heavy atom. The van der Waals surface area contributed by atoms with E-state index in [1.165, 1.54) is 25.3 Å². The summed E-state index contributed by atoms with van der Waals surface area (Å²) in [7, 11) is 1.46. The lowest BCUT2D eigenvalue weighted by Gasteiger charge is -2.09. The van der Waals surface area contributed by atoms with Gasteiger partial charge in [-0.05, 0) is 17.9 Å². The molecule has 5 heteroatoms. The second kappa shape index (κ2) is 5.60. The van der Waals surface area contributed by atoms with Crippen LogP contribution in [0.1, 0.15) is 6.42 Å². The van der Waals surface area contributed by atoms with E-state index in [4.69, 9.17) is 4.74 Å². The summed E-state index contributed by atoms with van der Waals surface area (Å²) < 4.78 is 17.9. The monoisotopic (exact) mass is 229 g/mol. The normalized spacial score (nSPS) is 9.80. The maximum Gasteiger partial charge on any atom is 0.225 e. The van der Waals surface area contributed by atoms with Gasteiger partial charge in [0.2, 0.25) is 5.91 Å². The molecule has 0 aromatic heterocycles. The Hall–Kier alpha value is -1.23. The fourth-order valence-electron chi connectivity index (χ4n) is 1.09. The number of nitrogens with one attached hydrogen (secondary N) is 1. The van der Waals surface area contributed by atoms with Crippen molar-refractivity contribution in [1.82, 2.24) is 0 Å². The van der Waals surface area contributed by atoms with Crippen molar-refractivity contribution in [1.29, 1.82) is 0 Å². The highest BCUT2D eigenvalue weighted by atomic mass is 32.1. The average molecular weight is 229 g/mol. The quantitative estimate of drug-likeness (QED) is 0.776. The topological polar surface area (TPSA) is 38.3 Å². The molecule has 1 aromatic rings. The second-order valence-electron chi connectivity index (χ2n) is 2.87. The molecule has 0 atom stereocenters. The van der Waals surface area contributed by atoms with Crippen molar-refractivity contribution in [3.63, 3.8) is 0 Å². The van der Waals surface area contributed by atoms with Gasteiger partial charge in [-0.15, -0.1) is 0 Å². The first-order valence-corrected chi connectivity index (χ1v) is 5.05. The summed E-state index contributed by atoms with van der Waals surface area (Å²) in [5.74, 6) is 0.249. The van der Waals surface area contributed by atoms with Crippen LogP contribution in [0.5, 0.6) is 5.75 Å². The van der Waals surface area contributed by atoms with Crippen molar-refractivity contribution in [2.24, 2.45) is 0 Å². The number of carbonyl (C=O) groups is 1. The number of hydrogen-bond acceptors (Lipinski definition) is 3. The number of hydrogen-bond donors (Lipinski definition) is 2. The Balaban J connectivity index is 2.82. The van der Waals surface area contributed by atoms with Crippen LogP contribution in [0, 0.1) is 5.82 Å². The predicted octanol–water partition coefficient (Wildman–Crippen LogP) is 2.09. The van der Waals surface area contributed by atoms with E-state index >= 15 is 0 Å². The van der Waals surface area contributed by atoms with Crippen molar-refractivity contribution < 1.29 is 13.9 Å². The number of amides is 1. The fourth-order valence-corrected chi connectivity index (χ4v) is 1.30. The highest BCUT2D eigenvalue weighted by molar-refractivity contribution is 7.80. The van der Waals surface area contributed by atoms with Gasteiger partial charge in [-0.1, -0.05) is 0 Å². The minimum Gasteiger partial charge on any atom is -0.495 e. The van der Waals surface area contributed by atoms with Gasteiger partial charge in [-0.3, -0.25) is 4.79 Å². The van der Waals surface area contributed by atoms with Crippen molar-refractivity contribution in [3.8, 4) is 5.75 Å². The van der Waals surface area contributed by atoms with Gasteiger partial charge in [-0.25, -0.2) is 4.39 Å². The number of carbonyl (C=O) groups excluding carboxylic acids is 1. The van der Waals surface area contributed by atoms with Gasteiger partial charge in [0, 0.05) is 12.5 Å². The molecule has 0 radical (unpaired) electrons. The lowest BCUT2D eigenvalue weighted by Crippen LogP contribution is -2.12. The van der Waals surface area contributed by atoms with Crippen LogP contribution >= 0.6 is 12.6 Å². The third-order valence-electron chi connectivity index (χ3n) is 1.77. The zero-order valence-electron chi connectivity index (χ0n) is 8.29. The third-order valence-corrected chi connectivity index (χ3v) is 2.00. The fraction of sp³-hybridized carbons (Fsp3) is 0.300. The molecule has 0 unspecified atom stereocenters. The standard InChI is InChI=1S/C10H12FNO2S/c1-14-9-3-2-7(11)6-8(9)12-10(13)4-5-15/h2-3,6,15H,4-5H2,1H3,(H,12,13). The number of thiol groups is 1. The summed E-state index contributed by atoms with van der Waals surface area (Å²) in [5.41, 5.74) is 0.337. The Morgan fingerprint density at radius 1 is 1.60 bits per heavy atom. The molecule has 1 aromatic carbocycles. The zero-order chi connectivity index (χ0) is 11.3. The predicted molar refractivity (Wildman–Crippen MR) is 60.1 cm³/mol. The summed E-state index contributed by atoms with van der Waals surface area (Å²) in [6.45, 7) is 0. The lowest BCUT2D eigenvalue weighted by atomic mass is 10.2. The first-order valence-electron chi connectivity index (χ1n) is 4.41. The zero-order valence-corrected chi connectivity index (χ0v) is 9.18. The van der Waals surface area contributed by atoms with E-state index in [2.05, 4.69) is 17.9 Å². The molecular formula is C10H12FNO2S. The van der Waals surface area contributed by atoms with E-state index in [0.717, 1.165) is 0 Å². The lowest BCUT2D eigenvalue weighted by molar-refractivity contribution is -0.115. The van der Waals surface area contributed by atoms with E-state index in [1.807, 2.05) is 0 Å². The average Bonchev–Trinajstić information content (AvgIpc) is 2.18. The van der Waals surface area contributed by atoms with Crippen molar-refractivity contribution in [2.45, 2.75) is 6.42 Å². The minimum atomic E-state index is -0.419. The molecule has 0 bridgehead atoms.